The van der Waals surface area contributed by atoms with Crippen molar-refractivity contribution in [3.63, 3.8) is 0 Å². The highest BCUT2D eigenvalue weighted by atomic mass is 32.2. The van der Waals surface area contributed by atoms with E-state index in [-0.39, 0.29) is 17.2 Å². The fourth-order valence-corrected chi connectivity index (χ4v) is 6.14. The summed E-state index contributed by atoms with van der Waals surface area (Å²) in [5.74, 6) is -1.62. The Labute approximate surface area is 184 Å². The fraction of sp³-hybridized carbons (Fsp3) is 0.857. The molecule has 0 aromatic rings. The zero-order valence-electron chi connectivity index (χ0n) is 18.9. The van der Waals surface area contributed by atoms with Crippen molar-refractivity contribution < 1.29 is 19.5 Å². The third-order valence-electron chi connectivity index (χ3n) is 6.50. The lowest BCUT2D eigenvalue weighted by Gasteiger charge is -2.45. The normalized spacial score (nSPS) is 28.8. The number of carboxylic acids is 1. The van der Waals surface area contributed by atoms with Gasteiger partial charge in [-0.3, -0.25) is 9.59 Å². The highest BCUT2D eigenvalue weighted by Crippen LogP contribution is 2.50. The number of hydrogen-bond acceptors (Lipinski definition) is 6. The van der Waals surface area contributed by atoms with Gasteiger partial charge in [0.2, 0.25) is 11.8 Å². The lowest BCUT2D eigenvalue weighted by atomic mass is 9.81. The van der Waals surface area contributed by atoms with Crippen molar-refractivity contribution in [2.45, 2.75) is 94.5 Å². The molecule has 3 atom stereocenters. The molecule has 2 heterocycles. The maximum Gasteiger partial charge on any atom is 0.327 e. The number of rotatable bonds is 6. The molecule has 8 nitrogen and oxygen atoms in total. The number of fused-ring (bicyclic) bond motifs is 1. The quantitative estimate of drug-likeness (QED) is 0.535. The predicted molar refractivity (Wildman–Crippen MR) is 119 cm³/mol. The Hall–Kier alpha value is -1.32. The van der Waals surface area contributed by atoms with Crippen molar-refractivity contribution in [2.24, 2.45) is 5.73 Å². The summed E-state index contributed by atoms with van der Waals surface area (Å²) in [6, 6.07) is -1.53. The summed E-state index contributed by atoms with van der Waals surface area (Å²) in [7, 11) is 0. The Balaban J connectivity index is 0.000000396. The van der Waals surface area contributed by atoms with Crippen LogP contribution in [0.3, 0.4) is 0 Å². The van der Waals surface area contributed by atoms with E-state index in [4.69, 9.17) is 5.73 Å². The first kappa shape index (κ1) is 24.9. The summed E-state index contributed by atoms with van der Waals surface area (Å²) in [5, 5.41) is 11.8. The number of hydrogen-bond donors (Lipinski definition) is 3. The van der Waals surface area contributed by atoms with E-state index >= 15 is 0 Å². The molecule has 4 N–H and O–H groups in total. The molecular weight excluding hydrogens is 404 g/mol. The number of carbonyl (C=O) groups is 3. The Bertz CT molecular complexity index is 641. The third kappa shape index (κ3) is 4.94. The van der Waals surface area contributed by atoms with Gasteiger partial charge in [0.1, 0.15) is 17.5 Å². The lowest BCUT2D eigenvalue weighted by molar-refractivity contribution is -0.161. The molecule has 2 aliphatic heterocycles. The maximum atomic E-state index is 12.5. The minimum Gasteiger partial charge on any atom is -0.480 e. The van der Waals surface area contributed by atoms with Crippen molar-refractivity contribution in [3.05, 3.63) is 0 Å². The highest BCUT2D eigenvalue weighted by Gasteiger charge is 2.64. The zero-order valence-corrected chi connectivity index (χ0v) is 19.8. The number of amides is 2. The molecule has 9 heteroatoms. The van der Waals surface area contributed by atoms with Crippen LogP contribution in [0.1, 0.15) is 66.7 Å². The zero-order chi connectivity index (χ0) is 22.7. The van der Waals surface area contributed by atoms with Gasteiger partial charge in [0.05, 0.1) is 5.54 Å². The second-order valence-electron chi connectivity index (χ2n) is 8.89. The summed E-state index contributed by atoms with van der Waals surface area (Å²) < 4.78 is -0.586. The van der Waals surface area contributed by atoms with Crippen LogP contribution in [0.4, 0.5) is 0 Å². The van der Waals surface area contributed by atoms with Crippen LogP contribution in [0.25, 0.3) is 0 Å². The van der Waals surface area contributed by atoms with Gasteiger partial charge in [0, 0.05) is 4.75 Å². The Morgan fingerprint density at radius 1 is 1.17 bits per heavy atom. The standard InChI is InChI=1S/C15H23N3O4S.C6H15N/c1-14(2)9(12(20)21)18-10(19)8(11(18)23-14)17-13(22)15(16)6-4-3-5-7-15;1-4-7(5-2)6-3/h8-9,11H,3-7,16H2,1-2H3,(H,17,22)(H,20,21);4-6H2,1-3H3/t8?,9-,11+;/m0./s1. The van der Waals surface area contributed by atoms with E-state index in [9.17, 15) is 19.5 Å². The van der Waals surface area contributed by atoms with Gasteiger partial charge in [-0.15, -0.1) is 11.8 Å². The van der Waals surface area contributed by atoms with Crippen molar-refractivity contribution >= 4 is 29.5 Å². The highest BCUT2D eigenvalue weighted by molar-refractivity contribution is 8.01. The number of carbonyl (C=O) groups excluding carboxylic acids is 2. The van der Waals surface area contributed by atoms with Gasteiger partial charge in [-0.25, -0.2) is 4.79 Å². The smallest absolute Gasteiger partial charge is 0.327 e. The molecule has 0 radical (unpaired) electrons. The first-order valence-corrected chi connectivity index (χ1v) is 11.9. The van der Waals surface area contributed by atoms with E-state index in [1.165, 1.54) is 36.3 Å². The number of nitrogens with two attached hydrogens (primary N) is 1. The maximum absolute atomic E-state index is 12.5. The average molecular weight is 443 g/mol. The molecule has 1 unspecified atom stereocenters. The summed E-state index contributed by atoms with van der Waals surface area (Å²) in [6.07, 6.45) is 4.17. The van der Waals surface area contributed by atoms with Gasteiger partial charge < -0.3 is 26.0 Å². The Morgan fingerprint density at radius 2 is 1.70 bits per heavy atom. The lowest BCUT2D eigenvalue weighted by Crippen LogP contribution is -2.72. The number of β-lactam (4-membered cyclic amide) rings is 1. The van der Waals surface area contributed by atoms with Crippen LogP contribution in [0.15, 0.2) is 0 Å². The topological polar surface area (TPSA) is 116 Å². The van der Waals surface area contributed by atoms with E-state index in [1.54, 1.807) is 0 Å². The van der Waals surface area contributed by atoms with Crippen molar-refractivity contribution in [3.8, 4) is 0 Å². The average Bonchev–Trinajstić information content (AvgIpc) is 2.96. The van der Waals surface area contributed by atoms with Crippen molar-refractivity contribution in [2.75, 3.05) is 19.6 Å². The van der Waals surface area contributed by atoms with E-state index in [0.717, 1.165) is 19.3 Å². The molecule has 1 aliphatic carbocycles. The van der Waals surface area contributed by atoms with Gasteiger partial charge >= 0.3 is 5.97 Å². The first-order valence-electron chi connectivity index (χ1n) is 11.1. The first-order chi connectivity index (χ1) is 14.0. The van der Waals surface area contributed by atoms with Crippen LogP contribution >= 0.6 is 11.8 Å². The third-order valence-corrected chi connectivity index (χ3v) is 8.07. The van der Waals surface area contributed by atoms with Gasteiger partial charge in [-0.05, 0) is 46.3 Å². The van der Waals surface area contributed by atoms with Crippen LogP contribution < -0.4 is 11.1 Å². The van der Waals surface area contributed by atoms with E-state index in [0.29, 0.717) is 12.8 Å². The molecular formula is C21H38N4O4S. The largest absolute Gasteiger partial charge is 0.480 e. The number of thioether (sulfide) groups is 1. The summed E-state index contributed by atoms with van der Waals surface area (Å²) in [5.41, 5.74) is 5.30. The van der Waals surface area contributed by atoms with Gasteiger partial charge in [-0.1, -0.05) is 40.0 Å². The second kappa shape index (κ2) is 9.87. The van der Waals surface area contributed by atoms with Crippen molar-refractivity contribution in [1.29, 1.82) is 0 Å². The number of nitrogens with zero attached hydrogens (tertiary/aromatic N) is 2. The van der Waals surface area contributed by atoms with Crippen LogP contribution in [-0.4, -0.2) is 80.1 Å². The van der Waals surface area contributed by atoms with Crippen molar-refractivity contribution in [1.82, 2.24) is 15.1 Å². The fourth-order valence-electron chi connectivity index (χ4n) is 4.51. The summed E-state index contributed by atoms with van der Waals surface area (Å²) >= 11 is 1.42. The number of aliphatic carboxylic acids is 1. The molecule has 3 fully saturated rings. The van der Waals surface area contributed by atoms with Crippen LogP contribution in [0, 0.1) is 0 Å². The SMILES string of the molecule is CC1(C)S[C@@H]2C(NC(=O)C3(N)CCCCC3)C(=O)N2[C@H]1C(=O)O.CCN(CC)CC. The summed E-state index contributed by atoms with van der Waals surface area (Å²) in [6.45, 7) is 13.7. The molecule has 0 bridgehead atoms. The number of nitrogens with one attached hydrogen (secondary N) is 1. The predicted octanol–water partition coefficient (Wildman–Crippen LogP) is 1.63. The Morgan fingerprint density at radius 3 is 2.13 bits per heavy atom. The molecule has 3 rings (SSSR count). The molecule has 0 spiro atoms. The van der Waals surface area contributed by atoms with Crippen LogP contribution in [0.5, 0.6) is 0 Å². The van der Waals surface area contributed by atoms with Gasteiger partial charge in [0.25, 0.3) is 0 Å². The minimum absolute atomic E-state index is 0.285. The molecule has 1 saturated carbocycles. The molecule has 3 aliphatic rings. The molecule has 0 aromatic carbocycles. The molecule has 172 valence electrons. The second-order valence-corrected chi connectivity index (χ2v) is 10.7. The van der Waals surface area contributed by atoms with Crippen LogP contribution in [0.2, 0.25) is 0 Å². The van der Waals surface area contributed by atoms with Gasteiger partial charge in [-0.2, -0.15) is 0 Å². The van der Waals surface area contributed by atoms with E-state index in [1.807, 2.05) is 13.8 Å². The molecule has 2 saturated heterocycles. The molecule has 0 aromatic heterocycles. The summed E-state index contributed by atoms with van der Waals surface area (Å²) in [4.78, 5) is 40.1. The minimum atomic E-state index is -1.01. The van der Waals surface area contributed by atoms with Gasteiger partial charge in [0.15, 0.2) is 0 Å². The van der Waals surface area contributed by atoms with E-state index < -0.39 is 28.3 Å². The monoisotopic (exact) mass is 442 g/mol. The Kier molecular flexibility index (Phi) is 8.21. The van der Waals surface area contributed by atoms with E-state index in [2.05, 4.69) is 31.0 Å². The molecule has 2 amide bonds. The molecule has 30 heavy (non-hydrogen) atoms. The number of carboxylic acid groups (broad SMARTS) is 1. The van der Waals surface area contributed by atoms with Crippen LogP contribution in [-0.2, 0) is 14.4 Å².